The van der Waals surface area contributed by atoms with Crippen LogP contribution in [0.15, 0.2) is 18.2 Å². The quantitative estimate of drug-likeness (QED) is 0.734. The van der Waals surface area contributed by atoms with Crippen LogP contribution in [0.4, 0.5) is 0 Å². The zero-order valence-electron chi connectivity index (χ0n) is 12.3. The molecule has 1 aliphatic rings. The lowest BCUT2D eigenvalue weighted by Crippen LogP contribution is -2.23. The molecular weight excluding hydrogens is 310 g/mol. The Morgan fingerprint density at radius 3 is 2.81 bits per heavy atom. The maximum absolute atomic E-state index is 11.1. The molecule has 0 aliphatic carbocycles. The first-order valence-electron chi connectivity index (χ1n) is 6.88. The van der Waals surface area contributed by atoms with E-state index in [-0.39, 0.29) is 18.6 Å². The second kappa shape index (κ2) is 7.38. The molecule has 118 valence electrons. The zero-order chi connectivity index (χ0) is 15.3. The molecule has 0 saturated heterocycles. The van der Waals surface area contributed by atoms with Crippen molar-refractivity contribution in [2.45, 2.75) is 13.0 Å². The molecule has 0 spiro atoms. The summed E-state index contributed by atoms with van der Waals surface area (Å²) < 4.78 is 33.0. The summed E-state index contributed by atoms with van der Waals surface area (Å²) in [6, 6.07) is 6.11. The Labute approximate surface area is 130 Å². The largest absolute Gasteiger partial charge is 0.454 e. The van der Waals surface area contributed by atoms with Crippen LogP contribution in [0.25, 0.3) is 0 Å². The third-order valence-corrected chi connectivity index (χ3v) is 5.40. The molecule has 7 heteroatoms. The maximum Gasteiger partial charge on any atom is 0.231 e. The predicted octanol–water partition coefficient (Wildman–Crippen LogP) is 1.84. The number of thioether (sulfide) groups is 1. The van der Waals surface area contributed by atoms with E-state index in [2.05, 4.69) is 12.2 Å². The minimum absolute atomic E-state index is 0.175. The summed E-state index contributed by atoms with van der Waals surface area (Å²) in [6.07, 6.45) is 1.27. The molecule has 0 amide bonds. The monoisotopic (exact) mass is 331 g/mol. The van der Waals surface area contributed by atoms with E-state index in [1.54, 1.807) is 11.8 Å². The van der Waals surface area contributed by atoms with Crippen LogP contribution >= 0.6 is 11.8 Å². The number of ether oxygens (including phenoxy) is 2. The summed E-state index contributed by atoms with van der Waals surface area (Å²) in [5, 5.41) is 3.42. The molecule has 0 aromatic heterocycles. The van der Waals surface area contributed by atoms with Crippen molar-refractivity contribution < 1.29 is 17.9 Å². The Balaban J connectivity index is 1.95. The van der Waals surface area contributed by atoms with Gasteiger partial charge in [-0.1, -0.05) is 13.0 Å². The molecule has 0 radical (unpaired) electrons. The van der Waals surface area contributed by atoms with Gasteiger partial charge in [0.15, 0.2) is 11.5 Å². The normalized spacial score (nSPS) is 15.1. The van der Waals surface area contributed by atoms with Crippen LogP contribution in [-0.2, 0) is 9.84 Å². The topological polar surface area (TPSA) is 64.6 Å². The van der Waals surface area contributed by atoms with Crippen molar-refractivity contribution in [2.24, 2.45) is 0 Å². The van der Waals surface area contributed by atoms with Gasteiger partial charge in [0.1, 0.15) is 9.84 Å². The highest BCUT2D eigenvalue weighted by molar-refractivity contribution is 8.00. The number of benzene rings is 1. The maximum atomic E-state index is 11.1. The summed E-state index contributed by atoms with van der Waals surface area (Å²) >= 11 is 1.64. The van der Waals surface area contributed by atoms with Gasteiger partial charge in [0.25, 0.3) is 0 Å². The highest BCUT2D eigenvalue weighted by Gasteiger charge is 2.17. The molecule has 1 aromatic carbocycles. The molecule has 0 fully saturated rings. The molecular formula is C14H21NO4S2. The minimum atomic E-state index is -2.88. The van der Waals surface area contributed by atoms with Crippen LogP contribution in [0.2, 0.25) is 0 Å². The molecule has 0 saturated carbocycles. The van der Waals surface area contributed by atoms with Crippen molar-refractivity contribution in [3.05, 3.63) is 23.8 Å². The van der Waals surface area contributed by atoms with Crippen molar-refractivity contribution >= 4 is 21.6 Å². The second-order valence-electron chi connectivity index (χ2n) is 4.93. The average molecular weight is 331 g/mol. The summed E-state index contributed by atoms with van der Waals surface area (Å²) in [5.41, 5.74) is 1.13. The predicted molar refractivity (Wildman–Crippen MR) is 86.0 cm³/mol. The molecule has 5 nitrogen and oxygen atoms in total. The van der Waals surface area contributed by atoms with Gasteiger partial charge in [-0.2, -0.15) is 11.8 Å². The Bertz CT molecular complexity index is 574. The van der Waals surface area contributed by atoms with Crippen LogP contribution in [0, 0.1) is 0 Å². The van der Waals surface area contributed by atoms with E-state index in [9.17, 15) is 8.42 Å². The second-order valence-corrected chi connectivity index (χ2v) is 8.34. The van der Waals surface area contributed by atoms with Gasteiger partial charge in [-0.25, -0.2) is 8.42 Å². The average Bonchev–Trinajstić information content (AvgIpc) is 2.88. The summed E-state index contributed by atoms with van der Waals surface area (Å²) in [7, 11) is -2.88. The van der Waals surface area contributed by atoms with E-state index in [0.717, 1.165) is 29.4 Å². The third kappa shape index (κ3) is 5.09. The first kappa shape index (κ1) is 16.5. The standard InChI is InChI=1S/C14H21NO4S2/c1-3-15-12(9-20-6-7-21(2,16)17)11-4-5-13-14(8-11)19-10-18-13/h4-5,8,12,15H,3,6-7,9-10H2,1-2H3. The van der Waals surface area contributed by atoms with Crippen LogP contribution in [0.1, 0.15) is 18.5 Å². The van der Waals surface area contributed by atoms with E-state index in [1.165, 1.54) is 6.26 Å². The van der Waals surface area contributed by atoms with E-state index in [4.69, 9.17) is 9.47 Å². The van der Waals surface area contributed by atoms with Crippen molar-refractivity contribution in [3.63, 3.8) is 0 Å². The van der Waals surface area contributed by atoms with Crippen LogP contribution < -0.4 is 14.8 Å². The summed E-state index contributed by atoms with van der Waals surface area (Å²) in [4.78, 5) is 0. The highest BCUT2D eigenvalue weighted by atomic mass is 32.2. The lowest BCUT2D eigenvalue weighted by molar-refractivity contribution is 0.174. The first-order chi connectivity index (χ1) is 9.99. The van der Waals surface area contributed by atoms with Gasteiger partial charge in [0.2, 0.25) is 6.79 Å². The number of fused-ring (bicyclic) bond motifs is 1. The molecule has 1 unspecified atom stereocenters. The van der Waals surface area contributed by atoms with Gasteiger partial charge in [0, 0.05) is 23.8 Å². The smallest absolute Gasteiger partial charge is 0.231 e. The lowest BCUT2D eigenvalue weighted by Gasteiger charge is -2.18. The fourth-order valence-electron chi connectivity index (χ4n) is 2.06. The highest BCUT2D eigenvalue weighted by Crippen LogP contribution is 2.34. The SMILES string of the molecule is CCNC(CSCCS(C)(=O)=O)c1ccc2c(c1)OCO2. The van der Waals surface area contributed by atoms with Crippen molar-refractivity contribution in [3.8, 4) is 11.5 Å². The van der Waals surface area contributed by atoms with Crippen molar-refractivity contribution in [2.75, 3.05) is 36.9 Å². The van der Waals surface area contributed by atoms with Gasteiger partial charge < -0.3 is 14.8 Å². The fraction of sp³-hybridized carbons (Fsp3) is 0.571. The number of hydrogen-bond donors (Lipinski definition) is 1. The molecule has 1 aliphatic heterocycles. The summed E-state index contributed by atoms with van der Waals surface area (Å²) in [5.74, 6) is 3.21. The third-order valence-electron chi connectivity index (χ3n) is 3.13. The Hall–Kier alpha value is -0.920. The Morgan fingerprint density at radius 2 is 2.10 bits per heavy atom. The van der Waals surface area contributed by atoms with Crippen LogP contribution in [0.3, 0.4) is 0 Å². The van der Waals surface area contributed by atoms with E-state index < -0.39 is 9.84 Å². The van der Waals surface area contributed by atoms with Gasteiger partial charge in [-0.15, -0.1) is 0 Å². The number of nitrogens with one attached hydrogen (secondary N) is 1. The number of hydrogen-bond acceptors (Lipinski definition) is 6. The van der Waals surface area contributed by atoms with E-state index in [1.807, 2.05) is 18.2 Å². The lowest BCUT2D eigenvalue weighted by atomic mass is 10.1. The first-order valence-corrected chi connectivity index (χ1v) is 10.1. The number of sulfone groups is 1. The van der Waals surface area contributed by atoms with Gasteiger partial charge in [-0.3, -0.25) is 0 Å². The Morgan fingerprint density at radius 1 is 1.33 bits per heavy atom. The molecule has 1 atom stereocenters. The van der Waals surface area contributed by atoms with Gasteiger partial charge in [-0.05, 0) is 24.2 Å². The minimum Gasteiger partial charge on any atom is -0.454 e. The molecule has 1 aromatic rings. The summed E-state index contributed by atoms with van der Waals surface area (Å²) in [6.45, 7) is 3.18. The van der Waals surface area contributed by atoms with Crippen molar-refractivity contribution in [1.82, 2.24) is 5.32 Å². The number of rotatable bonds is 8. The van der Waals surface area contributed by atoms with Gasteiger partial charge >= 0.3 is 0 Å². The van der Waals surface area contributed by atoms with Gasteiger partial charge in [0.05, 0.1) is 5.75 Å². The van der Waals surface area contributed by atoms with Crippen LogP contribution in [0.5, 0.6) is 11.5 Å². The van der Waals surface area contributed by atoms with Crippen molar-refractivity contribution in [1.29, 1.82) is 0 Å². The molecule has 0 bridgehead atoms. The molecule has 1 N–H and O–H groups in total. The van der Waals surface area contributed by atoms with E-state index in [0.29, 0.717) is 5.75 Å². The molecule has 2 rings (SSSR count). The Kier molecular flexibility index (Phi) is 5.78. The van der Waals surface area contributed by atoms with E-state index >= 15 is 0 Å². The molecule has 21 heavy (non-hydrogen) atoms. The zero-order valence-corrected chi connectivity index (χ0v) is 13.9. The molecule has 1 heterocycles. The fourth-order valence-corrected chi connectivity index (χ4v) is 4.46. The van der Waals surface area contributed by atoms with Crippen LogP contribution in [-0.4, -0.2) is 45.3 Å².